The van der Waals surface area contributed by atoms with Gasteiger partial charge >= 0.3 is 0 Å². The summed E-state index contributed by atoms with van der Waals surface area (Å²) in [6.07, 6.45) is 2.20. The van der Waals surface area contributed by atoms with E-state index >= 15 is 0 Å². The second-order valence-electron chi connectivity index (χ2n) is 4.50. The van der Waals surface area contributed by atoms with E-state index in [-0.39, 0.29) is 6.29 Å². The highest BCUT2D eigenvalue weighted by atomic mass is 16.7. The van der Waals surface area contributed by atoms with Gasteiger partial charge in [0, 0.05) is 38.9 Å². The third-order valence-corrected chi connectivity index (χ3v) is 3.51. The zero-order valence-electron chi connectivity index (χ0n) is 10.6. The monoisotopic (exact) mass is 235 g/mol. The Labute approximate surface area is 103 Å². The van der Waals surface area contributed by atoms with Gasteiger partial charge in [0.1, 0.15) is 0 Å². The Morgan fingerprint density at radius 3 is 2.18 bits per heavy atom. The highest BCUT2D eigenvalue weighted by molar-refractivity contribution is 5.46. The number of rotatable bonds is 4. The van der Waals surface area contributed by atoms with Crippen molar-refractivity contribution in [3.05, 3.63) is 30.3 Å². The summed E-state index contributed by atoms with van der Waals surface area (Å²) in [5.74, 6) is 0.518. The Bertz CT molecular complexity index is 316. The number of methoxy groups -OCH3 is 2. The van der Waals surface area contributed by atoms with Gasteiger partial charge in [0.2, 0.25) is 0 Å². The molecule has 0 spiro atoms. The summed E-state index contributed by atoms with van der Waals surface area (Å²) in [5, 5.41) is 0. The van der Waals surface area contributed by atoms with Crippen LogP contribution in [0.2, 0.25) is 0 Å². The lowest BCUT2D eigenvalue weighted by Crippen LogP contribution is -2.39. The average molecular weight is 235 g/mol. The second-order valence-corrected chi connectivity index (χ2v) is 4.50. The van der Waals surface area contributed by atoms with Gasteiger partial charge in [0.05, 0.1) is 0 Å². The molecule has 0 aromatic heterocycles. The molecule has 0 N–H and O–H groups in total. The number of ether oxygens (including phenoxy) is 2. The standard InChI is InChI=1S/C14H21NO2/c1-16-14(17-2)12-8-10-15(11-9-12)13-6-4-3-5-7-13/h3-7,12,14H,8-11H2,1-2H3. The highest BCUT2D eigenvalue weighted by Crippen LogP contribution is 2.26. The van der Waals surface area contributed by atoms with E-state index in [2.05, 4.69) is 35.2 Å². The van der Waals surface area contributed by atoms with Gasteiger partial charge in [-0.1, -0.05) is 18.2 Å². The highest BCUT2D eigenvalue weighted by Gasteiger charge is 2.26. The van der Waals surface area contributed by atoms with Gasteiger partial charge in [0.15, 0.2) is 6.29 Å². The quantitative estimate of drug-likeness (QED) is 0.749. The topological polar surface area (TPSA) is 21.7 Å². The van der Waals surface area contributed by atoms with Gasteiger partial charge in [-0.3, -0.25) is 0 Å². The summed E-state index contributed by atoms with van der Waals surface area (Å²) in [4.78, 5) is 2.43. The molecule has 0 unspecified atom stereocenters. The van der Waals surface area contributed by atoms with Crippen LogP contribution in [0.4, 0.5) is 5.69 Å². The lowest BCUT2D eigenvalue weighted by Gasteiger charge is -2.36. The van der Waals surface area contributed by atoms with E-state index in [9.17, 15) is 0 Å². The lowest BCUT2D eigenvalue weighted by atomic mass is 9.95. The molecule has 17 heavy (non-hydrogen) atoms. The predicted molar refractivity (Wildman–Crippen MR) is 69.2 cm³/mol. The van der Waals surface area contributed by atoms with E-state index in [0.717, 1.165) is 25.9 Å². The minimum absolute atomic E-state index is 0.0482. The third kappa shape index (κ3) is 2.99. The van der Waals surface area contributed by atoms with Crippen LogP contribution < -0.4 is 4.90 Å². The maximum atomic E-state index is 5.34. The summed E-state index contributed by atoms with van der Waals surface area (Å²) in [6.45, 7) is 2.16. The zero-order valence-corrected chi connectivity index (χ0v) is 10.6. The fourth-order valence-corrected chi connectivity index (χ4v) is 2.55. The minimum Gasteiger partial charge on any atom is -0.372 e. The SMILES string of the molecule is COC(OC)C1CCN(c2ccccc2)CC1. The van der Waals surface area contributed by atoms with Crippen LogP contribution in [0.15, 0.2) is 30.3 Å². The largest absolute Gasteiger partial charge is 0.372 e. The molecular weight excluding hydrogens is 214 g/mol. The average Bonchev–Trinajstić information content (AvgIpc) is 2.42. The molecule has 0 bridgehead atoms. The maximum Gasteiger partial charge on any atom is 0.159 e. The molecule has 0 radical (unpaired) electrons. The number of para-hydroxylation sites is 1. The van der Waals surface area contributed by atoms with Crippen LogP contribution in [0.5, 0.6) is 0 Å². The molecule has 0 amide bonds. The Kier molecular flexibility index (Phi) is 4.40. The van der Waals surface area contributed by atoms with Crippen molar-refractivity contribution < 1.29 is 9.47 Å². The predicted octanol–water partition coefficient (Wildman–Crippen LogP) is 2.52. The zero-order chi connectivity index (χ0) is 12.1. The van der Waals surface area contributed by atoms with Gasteiger partial charge in [-0.15, -0.1) is 0 Å². The molecule has 1 aromatic carbocycles. The number of anilines is 1. The molecule has 3 heteroatoms. The van der Waals surface area contributed by atoms with E-state index in [1.54, 1.807) is 14.2 Å². The Balaban J connectivity index is 1.90. The lowest BCUT2D eigenvalue weighted by molar-refractivity contribution is -0.141. The second kappa shape index (κ2) is 6.03. The van der Waals surface area contributed by atoms with Crippen LogP contribution in [0, 0.1) is 5.92 Å². The summed E-state index contributed by atoms with van der Waals surface area (Å²) in [5.41, 5.74) is 1.32. The van der Waals surface area contributed by atoms with Crippen molar-refractivity contribution in [2.75, 3.05) is 32.2 Å². The molecule has 0 aliphatic carbocycles. The van der Waals surface area contributed by atoms with Crippen molar-refractivity contribution >= 4 is 5.69 Å². The van der Waals surface area contributed by atoms with Crippen LogP contribution in [0.25, 0.3) is 0 Å². The molecule has 1 aliphatic heterocycles. The van der Waals surface area contributed by atoms with Crippen molar-refractivity contribution in [2.45, 2.75) is 19.1 Å². The van der Waals surface area contributed by atoms with Crippen molar-refractivity contribution in [2.24, 2.45) is 5.92 Å². The first kappa shape index (κ1) is 12.4. The fraction of sp³-hybridized carbons (Fsp3) is 0.571. The van der Waals surface area contributed by atoms with Gasteiger partial charge < -0.3 is 14.4 Å². The first-order chi connectivity index (χ1) is 8.35. The molecular formula is C14H21NO2. The van der Waals surface area contributed by atoms with Crippen molar-refractivity contribution in [1.29, 1.82) is 0 Å². The molecule has 0 saturated carbocycles. The summed E-state index contributed by atoms with van der Waals surface area (Å²) in [6, 6.07) is 10.6. The van der Waals surface area contributed by atoms with E-state index in [1.807, 2.05) is 0 Å². The Morgan fingerprint density at radius 2 is 1.65 bits per heavy atom. The van der Waals surface area contributed by atoms with Crippen molar-refractivity contribution in [1.82, 2.24) is 0 Å². The molecule has 1 fully saturated rings. The molecule has 94 valence electrons. The van der Waals surface area contributed by atoms with Gasteiger partial charge in [-0.05, 0) is 25.0 Å². The van der Waals surface area contributed by atoms with Gasteiger partial charge in [-0.25, -0.2) is 0 Å². The summed E-state index contributed by atoms with van der Waals surface area (Å²) < 4.78 is 10.7. The first-order valence-electron chi connectivity index (χ1n) is 6.20. The van der Waals surface area contributed by atoms with E-state index < -0.39 is 0 Å². The molecule has 3 nitrogen and oxygen atoms in total. The number of nitrogens with zero attached hydrogens (tertiary/aromatic N) is 1. The Hall–Kier alpha value is -1.06. The van der Waals surface area contributed by atoms with E-state index in [0.29, 0.717) is 5.92 Å². The molecule has 1 aromatic rings. The van der Waals surface area contributed by atoms with Crippen LogP contribution in [-0.2, 0) is 9.47 Å². The maximum absolute atomic E-state index is 5.34. The smallest absolute Gasteiger partial charge is 0.159 e. The molecule has 2 rings (SSSR count). The van der Waals surface area contributed by atoms with Gasteiger partial charge in [0.25, 0.3) is 0 Å². The number of hydrogen-bond acceptors (Lipinski definition) is 3. The summed E-state index contributed by atoms with van der Waals surface area (Å²) >= 11 is 0. The normalized spacial score (nSPS) is 17.7. The molecule has 1 aliphatic rings. The molecule has 0 atom stereocenters. The number of piperidine rings is 1. The molecule has 1 heterocycles. The van der Waals surface area contributed by atoms with Crippen molar-refractivity contribution in [3.63, 3.8) is 0 Å². The van der Waals surface area contributed by atoms with Crippen LogP contribution in [0.3, 0.4) is 0 Å². The van der Waals surface area contributed by atoms with Crippen molar-refractivity contribution in [3.8, 4) is 0 Å². The number of hydrogen-bond donors (Lipinski definition) is 0. The van der Waals surface area contributed by atoms with E-state index in [1.165, 1.54) is 5.69 Å². The van der Waals surface area contributed by atoms with Gasteiger partial charge in [-0.2, -0.15) is 0 Å². The van der Waals surface area contributed by atoms with Crippen LogP contribution in [-0.4, -0.2) is 33.6 Å². The molecule has 1 saturated heterocycles. The fourth-order valence-electron chi connectivity index (χ4n) is 2.55. The minimum atomic E-state index is -0.0482. The Morgan fingerprint density at radius 1 is 1.06 bits per heavy atom. The van der Waals surface area contributed by atoms with Crippen LogP contribution in [0.1, 0.15) is 12.8 Å². The first-order valence-corrected chi connectivity index (χ1v) is 6.20. The summed E-state index contributed by atoms with van der Waals surface area (Å²) in [7, 11) is 3.44. The van der Waals surface area contributed by atoms with E-state index in [4.69, 9.17) is 9.47 Å². The number of benzene rings is 1. The van der Waals surface area contributed by atoms with Crippen LogP contribution >= 0.6 is 0 Å². The third-order valence-electron chi connectivity index (χ3n) is 3.51.